The maximum absolute atomic E-state index is 5.42. The number of aromatic nitrogens is 3. The second kappa shape index (κ2) is 20.6. The molecule has 0 aliphatic heterocycles. The molecule has 2 heterocycles. The minimum Gasteiger partial charge on any atom is -0.309 e. The summed E-state index contributed by atoms with van der Waals surface area (Å²) in [5, 5.41) is 2.49. The Kier molecular flexibility index (Phi) is 12.2. The van der Waals surface area contributed by atoms with E-state index in [1.165, 1.54) is 60.8 Å². The fourth-order valence-corrected chi connectivity index (χ4v) is 11.2. The molecule has 14 rings (SSSR count). The third-order valence-electron chi connectivity index (χ3n) is 15.2. The van der Waals surface area contributed by atoms with Crippen molar-refractivity contribution in [1.29, 1.82) is 0 Å². The molecule has 79 heavy (non-hydrogen) atoms. The number of hydrogen-bond acceptors (Lipinski definition) is 2. The normalized spacial score (nSPS) is 11.3. The number of rotatable bonds is 11. The molecule has 2 aromatic heterocycles. The van der Waals surface area contributed by atoms with E-state index < -0.39 is 0 Å². The molecule has 0 amide bonds. The van der Waals surface area contributed by atoms with E-state index >= 15 is 0 Å². The second-order valence-corrected chi connectivity index (χ2v) is 20.2. The van der Waals surface area contributed by atoms with Crippen molar-refractivity contribution >= 4 is 21.8 Å². The smallest absolute Gasteiger partial charge is 0.160 e. The highest BCUT2D eigenvalue weighted by molar-refractivity contribution is 6.09. The van der Waals surface area contributed by atoms with E-state index in [4.69, 9.17) is 9.97 Å². The molecule has 0 saturated carbocycles. The van der Waals surface area contributed by atoms with Crippen molar-refractivity contribution in [3.8, 4) is 117 Å². The Morgan fingerprint density at radius 3 is 0.848 bits per heavy atom. The maximum Gasteiger partial charge on any atom is 0.160 e. The molecule has 12 aromatic carbocycles. The van der Waals surface area contributed by atoms with Gasteiger partial charge < -0.3 is 4.57 Å². The van der Waals surface area contributed by atoms with Gasteiger partial charge in [-0.1, -0.05) is 237 Å². The van der Waals surface area contributed by atoms with Gasteiger partial charge in [-0.2, -0.15) is 0 Å². The Balaban J connectivity index is 0.843. The van der Waals surface area contributed by atoms with Gasteiger partial charge in [0, 0.05) is 33.2 Å². The van der Waals surface area contributed by atoms with Gasteiger partial charge in [0.05, 0.1) is 22.4 Å². The molecule has 0 N–H and O–H groups in total. The molecule has 0 atom stereocenters. The molecule has 0 bridgehead atoms. The Morgan fingerprint density at radius 2 is 0.456 bits per heavy atom. The van der Waals surface area contributed by atoms with Crippen LogP contribution in [0.4, 0.5) is 0 Å². The molecule has 3 nitrogen and oxygen atoms in total. The molecule has 0 spiro atoms. The van der Waals surface area contributed by atoms with Crippen LogP contribution in [0.1, 0.15) is 0 Å². The molecular weight excluding hydrogens is 955 g/mol. The predicted molar refractivity (Wildman–Crippen MR) is 331 cm³/mol. The first-order valence-corrected chi connectivity index (χ1v) is 26.9. The van der Waals surface area contributed by atoms with E-state index in [9.17, 15) is 0 Å². The quantitative estimate of drug-likeness (QED) is 0.129. The van der Waals surface area contributed by atoms with Gasteiger partial charge in [-0.25, -0.2) is 9.97 Å². The standard InChI is InChI=1S/C76H51N3/c1-3-19-52(20-4-1)54-23-11-25-56(43-54)58-27-13-28-59(45-58)60-29-14-30-61(46-60)62-31-15-35-66(47-62)72-51-73(78-76(77-72)68-37-17-33-64(49-68)57-26-12-24-55(44-57)53-21-5-2-6-22-53)67-36-16-32-63(48-67)65-34-18-38-69(50-65)79-74-41-9-7-39-70(74)71-40-8-10-42-75(71)79/h1-51H. The fraction of sp³-hybridized carbons (Fsp3) is 0. The molecule has 3 heteroatoms. The van der Waals surface area contributed by atoms with Gasteiger partial charge in [0.15, 0.2) is 5.82 Å². The summed E-state index contributed by atoms with van der Waals surface area (Å²) in [6, 6.07) is 111. The van der Waals surface area contributed by atoms with Crippen molar-refractivity contribution in [2.24, 2.45) is 0 Å². The van der Waals surface area contributed by atoms with Crippen LogP contribution >= 0.6 is 0 Å². The number of para-hydroxylation sites is 2. The van der Waals surface area contributed by atoms with Crippen LogP contribution in [0.3, 0.4) is 0 Å². The Hall–Kier alpha value is -10.5. The number of nitrogens with zero attached hydrogens (tertiary/aromatic N) is 3. The highest BCUT2D eigenvalue weighted by Crippen LogP contribution is 2.38. The van der Waals surface area contributed by atoms with Crippen LogP contribution in [0.25, 0.3) is 139 Å². The van der Waals surface area contributed by atoms with Gasteiger partial charge in [-0.15, -0.1) is 0 Å². The number of benzene rings is 12. The van der Waals surface area contributed by atoms with Crippen LogP contribution in [0.2, 0.25) is 0 Å². The molecule has 0 radical (unpaired) electrons. The summed E-state index contributed by atoms with van der Waals surface area (Å²) in [7, 11) is 0. The molecule has 0 aliphatic carbocycles. The highest BCUT2D eigenvalue weighted by Gasteiger charge is 2.16. The van der Waals surface area contributed by atoms with Gasteiger partial charge in [0.2, 0.25) is 0 Å². The van der Waals surface area contributed by atoms with Gasteiger partial charge in [-0.05, 0) is 151 Å². The zero-order valence-electron chi connectivity index (χ0n) is 43.3. The van der Waals surface area contributed by atoms with E-state index in [0.29, 0.717) is 5.82 Å². The first kappa shape index (κ1) is 47.0. The van der Waals surface area contributed by atoms with E-state index in [-0.39, 0.29) is 0 Å². The molecule has 14 aromatic rings. The summed E-state index contributed by atoms with van der Waals surface area (Å²) in [6.07, 6.45) is 0. The number of hydrogen-bond donors (Lipinski definition) is 0. The lowest BCUT2D eigenvalue weighted by molar-refractivity contribution is 1.18. The summed E-state index contributed by atoms with van der Waals surface area (Å²) in [4.78, 5) is 10.8. The molecular formula is C76H51N3. The van der Waals surface area contributed by atoms with Crippen LogP contribution in [0, 0.1) is 0 Å². The SMILES string of the molecule is c1ccc(-c2cccc(-c3cccc(-c4cccc(-c5cccc(-c6cc(-c7cccc(-c8cccc(-n9c%10ccccc%10c%10ccccc%109)c8)c7)nc(-c7cccc(-c8cccc(-c9ccccc9)c8)c7)n6)c5)c4)c3)c2)cc1. The van der Waals surface area contributed by atoms with Crippen molar-refractivity contribution in [3.05, 3.63) is 309 Å². The lowest BCUT2D eigenvalue weighted by Crippen LogP contribution is -1.97. The van der Waals surface area contributed by atoms with Crippen molar-refractivity contribution < 1.29 is 0 Å². The average molecular weight is 1010 g/mol. The number of fused-ring (bicyclic) bond motifs is 3. The van der Waals surface area contributed by atoms with Gasteiger partial charge in [0.1, 0.15) is 0 Å². The van der Waals surface area contributed by atoms with Crippen molar-refractivity contribution in [1.82, 2.24) is 14.5 Å². The summed E-state index contributed by atoms with van der Waals surface area (Å²) < 4.78 is 2.38. The van der Waals surface area contributed by atoms with E-state index in [1.807, 2.05) is 0 Å². The summed E-state index contributed by atoms with van der Waals surface area (Å²) in [5.74, 6) is 0.661. The lowest BCUT2D eigenvalue weighted by atomic mass is 9.94. The Morgan fingerprint density at radius 1 is 0.190 bits per heavy atom. The molecule has 0 aliphatic rings. The fourth-order valence-electron chi connectivity index (χ4n) is 11.2. The van der Waals surface area contributed by atoms with Crippen molar-refractivity contribution in [3.63, 3.8) is 0 Å². The van der Waals surface area contributed by atoms with Gasteiger partial charge >= 0.3 is 0 Å². The first-order valence-electron chi connectivity index (χ1n) is 26.9. The van der Waals surface area contributed by atoms with Gasteiger partial charge in [0.25, 0.3) is 0 Å². The average Bonchev–Trinajstić information content (AvgIpc) is 4.10. The highest BCUT2D eigenvalue weighted by atomic mass is 15.0. The molecule has 0 saturated heterocycles. The summed E-state index contributed by atoms with van der Waals surface area (Å²) in [6.45, 7) is 0. The first-order chi connectivity index (χ1) is 39.1. The minimum atomic E-state index is 0.661. The zero-order valence-corrected chi connectivity index (χ0v) is 43.3. The van der Waals surface area contributed by atoms with E-state index in [0.717, 1.165) is 72.7 Å². The molecule has 370 valence electrons. The monoisotopic (exact) mass is 1010 g/mol. The van der Waals surface area contributed by atoms with Crippen LogP contribution < -0.4 is 0 Å². The molecule has 0 unspecified atom stereocenters. The van der Waals surface area contributed by atoms with E-state index in [2.05, 4.69) is 314 Å². The van der Waals surface area contributed by atoms with Crippen LogP contribution in [-0.2, 0) is 0 Å². The van der Waals surface area contributed by atoms with Crippen LogP contribution in [0.5, 0.6) is 0 Å². The second-order valence-electron chi connectivity index (χ2n) is 20.2. The summed E-state index contributed by atoms with van der Waals surface area (Å²) >= 11 is 0. The van der Waals surface area contributed by atoms with Gasteiger partial charge in [-0.3, -0.25) is 0 Å². The predicted octanol–water partition coefficient (Wildman–Crippen LogP) is 20.2. The largest absolute Gasteiger partial charge is 0.309 e. The minimum absolute atomic E-state index is 0.661. The summed E-state index contributed by atoms with van der Waals surface area (Å²) in [5.41, 5.74) is 24.3. The third-order valence-corrected chi connectivity index (χ3v) is 15.2. The third kappa shape index (κ3) is 9.41. The molecule has 0 fully saturated rings. The lowest BCUT2D eigenvalue weighted by Gasteiger charge is -2.13. The topological polar surface area (TPSA) is 30.7 Å². The Bertz CT molecular complexity index is 4500. The maximum atomic E-state index is 5.42. The Labute approximate surface area is 460 Å². The van der Waals surface area contributed by atoms with E-state index in [1.54, 1.807) is 0 Å². The van der Waals surface area contributed by atoms with Crippen LogP contribution in [-0.4, -0.2) is 14.5 Å². The zero-order chi connectivity index (χ0) is 52.5. The van der Waals surface area contributed by atoms with Crippen LogP contribution in [0.15, 0.2) is 309 Å². The van der Waals surface area contributed by atoms with Crippen molar-refractivity contribution in [2.75, 3.05) is 0 Å². The van der Waals surface area contributed by atoms with Crippen molar-refractivity contribution in [2.45, 2.75) is 0 Å².